The SMILES string of the molecule is C=C1CN=C(CN2CCN(S(=O)C(=C/C)/C(=C\C)OC(F)(P)P)CC2)NC1=NC(C)C(C)C. The van der Waals surface area contributed by atoms with Gasteiger partial charge in [0.25, 0.3) is 5.34 Å². The first-order valence-electron chi connectivity index (χ1n) is 11.2. The average Bonchev–Trinajstić information content (AvgIpc) is 2.75. The van der Waals surface area contributed by atoms with Crippen LogP contribution in [0.25, 0.3) is 0 Å². The Labute approximate surface area is 205 Å². The molecule has 186 valence electrons. The first kappa shape index (κ1) is 28.3. The largest absolute Gasteiger partial charge is 0.451 e. The second kappa shape index (κ2) is 12.6. The highest BCUT2D eigenvalue weighted by Crippen LogP contribution is 2.35. The second-order valence-corrected chi connectivity index (χ2v) is 12.2. The molecule has 0 aromatic heterocycles. The summed E-state index contributed by atoms with van der Waals surface area (Å²) in [6, 6.07) is 0.203. The predicted molar refractivity (Wildman–Crippen MR) is 144 cm³/mol. The van der Waals surface area contributed by atoms with Gasteiger partial charge in [-0.15, -0.1) is 0 Å². The van der Waals surface area contributed by atoms with Gasteiger partial charge in [-0.3, -0.25) is 14.9 Å². The van der Waals surface area contributed by atoms with E-state index in [1.165, 1.54) is 0 Å². The maximum absolute atomic E-state index is 13.9. The molecule has 0 aromatic carbocycles. The van der Waals surface area contributed by atoms with Gasteiger partial charge >= 0.3 is 0 Å². The fraction of sp³-hybridized carbons (Fsp3) is 0.636. The molecule has 4 atom stereocenters. The molecular formula is C22H38FN5O2P2S. The minimum absolute atomic E-state index is 0.203. The summed E-state index contributed by atoms with van der Waals surface area (Å²) in [5, 5.41) is 1.35. The summed E-state index contributed by atoms with van der Waals surface area (Å²) in [7, 11) is 2.49. The van der Waals surface area contributed by atoms with Crippen LogP contribution in [0.1, 0.15) is 34.6 Å². The Bertz CT molecular complexity index is 859. The monoisotopic (exact) mass is 517 g/mol. The Balaban J connectivity index is 1.95. The minimum Gasteiger partial charge on any atom is -0.451 e. The highest BCUT2D eigenvalue weighted by Gasteiger charge is 2.29. The van der Waals surface area contributed by atoms with Crippen LogP contribution < -0.4 is 5.32 Å². The number of piperazine rings is 1. The van der Waals surface area contributed by atoms with Crippen LogP contribution in [0.3, 0.4) is 0 Å². The number of amidine groups is 2. The summed E-state index contributed by atoms with van der Waals surface area (Å²) < 4.78 is 34.3. The number of ether oxygens (including phenoxy) is 1. The Morgan fingerprint density at radius 1 is 1.30 bits per heavy atom. The lowest BCUT2D eigenvalue weighted by Crippen LogP contribution is -2.51. The van der Waals surface area contributed by atoms with Crippen molar-refractivity contribution in [3.8, 4) is 0 Å². The van der Waals surface area contributed by atoms with Crippen LogP contribution in [0.5, 0.6) is 0 Å². The van der Waals surface area contributed by atoms with Gasteiger partial charge in [0, 0.05) is 31.8 Å². The molecule has 0 amide bonds. The van der Waals surface area contributed by atoms with Crippen molar-refractivity contribution in [2.45, 2.75) is 46.0 Å². The Hall–Kier alpha value is -0.980. The molecule has 0 bridgehead atoms. The zero-order valence-electron chi connectivity index (χ0n) is 20.3. The minimum atomic E-state index is -2.01. The van der Waals surface area contributed by atoms with E-state index in [1.807, 2.05) is 22.8 Å². The Morgan fingerprint density at radius 3 is 2.45 bits per heavy atom. The predicted octanol–water partition coefficient (Wildman–Crippen LogP) is 3.42. The maximum atomic E-state index is 13.9. The highest BCUT2D eigenvalue weighted by atomic mass is 32.2. The van der Waals surface area contributed by atoms with Crippen LogP contribution in [0.15, 0.2) is 45.0 Å². The number of aliphatic imine (C=N–C) groups is 2. The Morgan fingerprint density at radius 2 is 1.94 bits per heavy atom. The van der Waals surface area contributed by atoms with E-state index in [0.717, 1.165) is 30.3 Å². The standard InChI is InChI=1S/C22H38FN5O2P2S/c1-7-18(30-22(23,31)32)19(8-2)33(29)28-11-9-27(10-12-28)14-20-24-13-16(5)21(26-20)25-17(6)15(3)4/h7-8,15,17H,5,9-14,31-32H2,1-4,6H3,(H,24,25,26)/b18-7+,19-8+. The summed E-state index contributed by atoms with van der Waals surface area (Å²) >= 11 is 0. The Kier molecular flexibility index (Phi) is 10.8. The zero-order chi connectivity index (χ0) is 24.8. The summed E-state index contributed by atoms with van der Waals surface area (Å²) in [5.41, 5.74) is 0.903. The lowest BCUT2D eigenvalue weighted by molar-refractivity contribution is 0.0545. The van der Waals surface area contributed by atoms with Gasteiger partial charge in [-0.05, 0) is 51.2 Å². The van der Waals surface area contributed by atoms with Gasteiger partial charge in [0.1, 0.15) is 28.4 Å². The first-order valence-corrected chi connectivity index (χ1v) is 13.5. The van der Waals surface area contributed by atoms with Crippen LogP contribution in [0.4, 0.5) is 4.39 Å². The van der Waals surface area contributed by atoms with Crippen molar-refractivity contribution < 1.29 is 13.3 Å². The van der Waals surface area contributed by atoms with Crippen molar-refractivity contribution >= 4 is 41.1 Å². The number of nitrogens with one attached hydrogen (secondary N) is 1. The summed E-state index contributed by atoms with van der Waals surface area (Å²) in [6.45, 7) is 18.0. The van der Waals surface area contributed by atoms with Crippen LogP contribution in [-0.4, -0.2) is 75.7 Å². The van der Waals surface area contributed by atoms with Crippen molar-refractivity contribution in [2.24, 2.45) is 15.9 Å². The van der Waals surface area contributed by atoms with Crippen LogP contribution in [0, 0.1) is 5.92 Å². The van der Waals surface area contributed by atoms with Gasteiger partial charge in [0.2, 0.25) is 0 Å². The molecule has 2 aliphatic heterocycles. The molecule has 0 aromatic rings. The molecule has 1 saturated heterocycles. The maximum Gasteiger partial charge on any atom is 0.270 e. The molecule has 2 heterocycles. The number of halogens is 1. The molecular weight excluding hydrogens is 479 g/mol. The number of nitrogens with zero attached hydrogens (tertiary/aromatic N) is 4. The smallest absolute Gasteiger partial charge is 0.270 e. The third kappa shape index (κ3) is 8.63. The molecule has 4 unspecified atom stereocenters. The summed E-state index contributed by atoms with van der Waals surface area (Å²) in [6.07, 6.45) is 3.34. The van der Waals surface area contributed by atoms with Gasteiger partial charge in [0.05, 0.1) is 24.0 Å². The van der Waals surface area contributed by atoms with E-state index in [9.17, 15) is 8.60 Å². The zero-order valence-corrected chi connectivity index (χ0v) is 23.4. The van der Waals surface area contributed by atoms with Gasteiger partial charge in [0.15, 0.2) is 0 Å². The molecule has 11 heteroatoms. The first-order chi connectivity index (χ1) is 15.4. The number of hydrogen-bond acceptors (Lipinski definition) is 5. The molecule has 0 saturated carbocycles. The van der Waals surface area contributed by atoms with E-state index in [2.05, 4.69) is 42.6 Å². The van der Waals surface area contributed by atoms with Gasteiger partial charge < -0.3 is 10.1 Å². The van der Waals surface area contributed by atoms with E-state index in [-0.39, 0.29) is 11.8 Å². The number of rotatable bonds is 9. The van der Waals surface area contributed by atoms with Gasteiger partial charge in [-0.2, -0.15) is 4.39 Å². The van der Waals surface area contributed by atoms with Crippen LogP contribution >= 0.6 is 18.5 Å². The number of allylic oxidation sites excluding steroid dienone is 2. The van der Waals surface area contributed by atoms with E-state index in [1.54, 1.807) is 26.0 Å². The highest BCUT2D eigenvalue weighted by molar-refractivity contribution is 7.87. The molecule has 0 aliphatic carbocycles. The lowest BCUT2D eigenvalue weighted by Gasteiger charge is -2.35. The number of alkyl halides is 1. The summed E-state index contributed by atoms with van der Waals surface area (Å²) in [4.78, 5) is 12.1. The fourth-order valence-corrected chi connectivity index (χ4v) is 4.81. The van der Waals surface area contributed by atoms with E-state index in [0.29, 0.717) is 37.0 Å². The van der Waals surface area contributed by atoms with Crippen LogP contribution in [0.2, 0.25) is 0 Å². The van der Waals surface area contributed by atoms with E-state index in [4.69, 9.17) is 9.73 Å². The van der Waals surface area contributed by atoms with E-state index >= 15 is 0 Å². The molecule has 2 aliphatic rings. The second-order valence-electron chi connectivity index (χ2n) is 8.51. The molecule has 1 fully saturated rings. The van der Waals surface area contributed by atoms with Crippen molar-refractivity contribution in [1.29, 1.82) is 0 Å². The van der Waals surface area contributed by atoms with Crippen molar-refractivity contribution in [3.63, 3.8) is 0 Å². The molecule has 0 spiro atoms. The topological polar surface area (TPSA) is 69.5 Å². The molecule has 0 radical (unpaired) electrons. The average molecular weight is 518 g/mol. The molecule has 7 nitrogen and oxygen atoms in total. The number of hydrogen-bond donors (Lipinski definition) is 1. The van der Waals surface area contributed by atoms with E-state index < -0.39 is 16.3 Å². The van der Waals surface area contributed by atoms with Crippen molar-refractivity contribution in [1.82, 2.24) is 14.5 Å². The van der Waals surface area contributed by atoms with Crippen molar-refractivity contribution in [3.05, 3.63) is 35.0 Å². The molecule has 33 heavy (non-hydrogen) atoms. The lowest BCUT2D eigenvalue weighted by atomic mass is 10.1. The fourth-order valence-electron chi connectivity index (χ4n) is 3.25. The van der Waals surface area contributed by atoms with Crippen molar-refractivity contribution in [2.75, 3.05) is 39.3 Å². The quantitative estimate of drug-likeness (QED) is 0.289. The third-order valence-corrected chi connectivity index (χ3v) is 7.40. The molecule has 2 rings (SSSR count). The van der Waals surface area contributed by atoms with Gasteiger partial charge in [-0.25, -0.2) is 8.51 Å². The summed E-state index contributed by atoms with van der Waals surface area (Å²) in [5.74, 6) is 2.43. The van der Waals surface area contributed by atoms with Crippen LogP contribution in [-0.2, 0) is 15.7 Å². The third-order valence-electron chi connectivity index (χ3n) is 5.52. The molecule has 1 N–H and O–H groups in total. The normalized spacial score (nSPS) is 22.9. The van der Waals surface area contributed by atoms with Gasteiger partial charge in [-0.1, -0.05) is 26.5 Å².